The van der Waals surface area contributed by atoms with Gasteiger partial charge in [0.05, 0.1) is 10.5 Å². The van der Waals surface area contributed by atoms with E-state index in [-0.39, 0.29) is 23.0 Å². The molecule has 7 heteroatoms. The molecule has 1 heterocycles. The van der Waals surface area contributed by atoms with E-state index in [2.05, 4.69) is 11.9 Å². The molecule has 3 aliphatic rings. The lowest BCUT2D eigenvalue weighted by Crippen LogP contribution is -2.39. The Morgan fingerprint density at radius 2 is 1.94 bits per heavy atom. The average molecular weight is 441 g/mol. The van der Waals surface area contributed by atoms with Crippen molar-refractivity contribution >= 4 is 11.8 Å². The standard InChI is InChI=1S/C25H32N2O5/c1-5-17(27(30)31)10-9-13-19-22(24(29)32-18-11-7-6-8-12-18)16(2)26-20-14-25(3,4)15-21(28)23(19)20/h5,9-10,13,18-19,26H,1,6-8,11-12,14-15H2,2-4H3/b13-9+,17-10+. The summed E-state index contributed by atoms with van der Waals surface area (Å²) in [6.45, 7) is 9.37. The van der Waals surface area contributed by atoms with Crippen LogP contribution < -0.4 is 5.32 Å². The quantitative estimate of drug-likeness (QED) is 0.273. The van der Waals surface area contributed by atoms with E-state index in [4.69, 9.17) is 4.74 Å². The molecule has 0 amide bonds. The third-order valence-electron chi connectivity index (χ3n) is 6.32. The highest BCUT2D eigenvalue weighted by molar-refractivity contribution is 6.03. The van der Waals surface area contributed by atoms with Gasteiger partial charge in [-0.15, -0.1) is 0 Å². The Bertz CT molecular complexity index is 945. The van der Waals surface area contributed by atoms with Crippen LogP contribution >= 0.6 is 0 Å². The first kappa shape index (κ1) is 23.7. The van der Waals surface area contributed by atoms with Crippen LogP contribution in [0.2, 0.25) is 0 Å². The number of carbonyl (C=O) groups excluding carboxylic acids is 2. The molecule has 1 aliphatic heterocycles. The first-order valence-electron chi connectivity index (χ1n) is 11.2. The molecule has 172 valence electrons. The highest BCUT2D eigenvalue weighted by atomic mass is 16.6. The Balaban J connectivity index is 1.98. The lowest BCUT2D eigenvalue weighted by molar-refractivity contribution is -0.418. The summed E-state index contributed by atoms with van der Waals surface area (Å²) in [5.41, 5.74) is 2.08. The predicted octanol–water partition coefficient (Wildman–Crippen LogP) is 4.90. The zero-order chi connectivity index (χ0) is 23.5. The molecule has 1 unspecified atom stereocenters. The summed E-state index contributed by atoms with van der Waals surface area (Å²) in [6, 6.07) is 0. The minimum absolute atomic E-state index is 0.0175. The van der Waals surface area contributed by atoms with Crippen molar-refractivity contribution in [2.24, 2.45) is 11.3 Å². The second-order valence-electron chi connectivity index (χ2n) is 9.58. The van der Waals surface area contributed by atoms with Crippen LogP contribution in [0.1, 0.15) is 65.7 Å². The predicted molar refractivity (Wildman–Crippen MR) is 122 cm³/mol. The van der Waals surface area contributed by atoms with Gasteiger partial charge in [-0.05, 0) is 44.4 Å². The number of allylic oxidation sites excluding steroid dienone is 7. The molecule has 1 atom stereocenters. The summed E-state index contributed by atoms with van der Waals surface area (Å²) < 4.78 is 5.83. The Morgan fingerprint density at radius 3 is 2.56 bits per heavy atom. The number of hydrogen-bond donors (Lipinski definition) is 1. The molecule has 0 saturated heterocycles. The van der Waals surface area contributed by atoms with Crippen LogP contribution in [-0.4, -0.2) is 22.8 Å². The molecule has 0 aromatic rings. The van der Waals surface area contributed by atoms with Gasteiger partial charge in [-0.2, -0.15) is 0 Å². The van der Waals surface area contributed by atoms with Gasteiger partial charge in [0.15, 0.2) is 5.78 Å². The zero-order valence-corrected chi connectivity index (χ0v) is 19.1. The summed E-state index contributed by atoms with van der Waals surface area (Å²) in [6.07, 6.45) is 11.6. The normalized spacial score (nSPS) is 24.3. The average Bonchev–Trinajstić information content (AvgIpc) is 2.69. The van der Waals surface area contributed by atoms with E-state index >= 15 is 0 Å². The number of hydrogen-bond acceptors (Lipinski definition) is 6. The first-order chi connectivity index (χ1) is 15.1. The van der Waals surface area contributed by atoms with Crippen molar-refractivity contribution in [3.05, 3.63) is 69.2 Å². The molecule has 1 fully saturated rings. The smallest absolute Gasteiger partial charge is 0.337 e. The van der Waals surface area contributed by atoms with E-state index in [0.29, 0.717) is 29.7 Å². The van der Waals surface area contributed by atoms with E-state index in [1.807, 2.05) is 20.8 Å². The number of nitrogens with zero attached hydrogens (tertiary/aromatic N) is 1. The van der Waals surface area contributed by atoms with Gasteiger partial charge in [0.1, 0.15) is 6.10 Å². The highest BCUT2D eigenvalue weighted by Crippen LogP contribution is 2.43. The van der Waals surface area contributed by atoms with Gasteiger partial charge in [-0.3, -0.25) is 14.9 Å². The summed E-state index contributed by atoms with van der Waals surface area (Å²) in [5.74, 6) is -1.06. The minimum Gasteiger partial charge on any atom is -0.459 e. The molecule has 1 N–H and O–H groups in total. The zero-order valence-electron chi connectivity index (χ0n) is 19.1. The number of carbonyl (C=O) groups is 2. The number of ether oxygens (including phenoxy) is 1. The Morgan fingerprint density at radius 1 is 1.25 bits per heavy atom. The van der Waals surface area contributed by atoms with E-state index < -0.39 is 16.8 Å². The lowest BCUT2D eigenvalue weighted by Gasteiger charge is -2.38. The Labute approximate surface area is 189 Å². The second kappa shape index (κ2) is 9.67. The molecule has 7 nitrogen and oxygen atoms in total. The van der Waals surface area contributed by atoms with Gasteiger partial charge in [-0.1, -0.05) is 39.0 Å². The molecule has 32 heavy (non-hydrogen) atoms. The monoisotopic (exact) mass is 440 g/mol. The fourth-order valence-electron chi connectivity index (χ4n) is 4.82. The van der Waals surface area contributed by atoms with E-state index in [0.717, 1.165) is 43.9 Å². The largest absolute Gasteiger partial charge is 0.459 e. The molecule has 0 aromatic heterocycles. The van der Waals surface area contributed by atoms with Crippen molar-refractivity contribution in [1.82, 2.24) is 5.32 Å². The SMILES string of the molecule is C=C/C(=C\C=C\C1C(C(=O)OC2CCCCC2)=C(C)NC2=C1C(=O)CC(C)(C)C2)[N+](=O)[O-]. The maximum atomic E-state index is 13.2. The van der Waals surface area contributed by atoms with Gasteiger partial charge in [-0.25, -0.2) is 4.79 Å². The number of rotatable bonds is 6. The van der Waals surface area contributed by atoms with Crippen LogP contribution in [0.15, 0.2) is 59.1 Å². The van der Waals surface area contributed by atoms with E-state index in [9.17, 15) is 19.7 Å². The highest BCUT2D eigenvalue weighted by Gasteiger charge is 2.41. The number of Topliss-reactive ketones (excluding diaryl/α,β-unsaturated/α-hetero) is 1. The third kappa shape index (κ3) is 5.26. The van der Waals surface area contributed by atoms with Crippen LogP contribution in [0.25, 0.3) is 0 Å². The number of ketones is 1. The third-order valence-corrected chi connectivity index (χ3v) is 6.32. The van der Waals surface area contributed by atoms with Gasteiger partial charge >= 0.3 is 5.97 Å². The second-order valence-corrected chi connectivity index (χ2v) is 9.58. The van der Waals surface area contributed by atoms with Crippen molar-refractivity contribution < 1.29 is 19.2 Å². The number of dihydropyridines is 1. The first-order valence-corrected chi connectivity index (χ1v) is 11.2. The maximum absolute atomic E-state index is 13.2. The van der Waals surface area contributed by atoms with Gasteiger partial charge in [0.25, 0.3) is 5.70 Å². The fourth-order valence-corrected chi connectivity index (χ4v) is 4.82. The van der Waals surface area contributed by atoms with Crippen molar-refractivity contribution in [1.29, 1.82) is 0 Å². The summed E-state index contributed by atoms with van der Waals surface area (Å²) in [4.78, 5) is 36.9. The molecular formula is C25H32N2O5. The minimum atomic E-state index is -0.611. The van der Waals surface area contributed by atoms with Gasteiger partial charge in [0, 0.05) is 41.5 Å². The van der Waals surface area contributed by atoms with Crippen LogP contribution in [0.3, 0.4) is 0 Å². The van der Waals surface area contributed by atoms with Crippen molar-refractivity contribution in [3.8, 4) is 0 Å². The molecule has 0 spiro atoms. The van der Waals surface area contributed by atoms with Crippen molar-refractivity contribution in [2.75, 3.05) is 0 Å². The lowest BCUT2D eigenvalue weighted by atomic mass is 9.70. The van der Waals surface area contributed by atoms with E-state index in [1.54, 1.807) is 6.08 Å². The van der Waals surface area contributed by atoms with Crippen molar-refractivity contribution in [3.63, 3.8) is 0 Å². The summed E-state index contributed by atoms with van der Waals surface area (Å²) in [7, 11) is 0. The van der Waals surface area contributed by atoms with Crippen LogP contribution in [0, 0.1) is 21.4 Å². The molecule has 0 aromatic carbocycles. The fraction of sp³-hybridized carbons (Fsp3) is 0.520. The van der Waals surface area contributed by atoms with Crippen LogP contribution in [0.5, 0.6) is 0 Å². The Kier molecular flexibility index (Phi) is 7.16. The van der Waals surface area contributed by atoms with Crippen LogP contribution in [0.4, 0.5) is 0 Å². The number of nitro groups is 1. The summed E-state index contributed by atoms with van der Waals surface area (Å²) in [5, 5.41) is 14.4. The van der Waals surface area contributed by atoms with Crippen LogP contribution in [-0.2, 0) is 14.3 Å². The maximum Gasteiger partial charge on any atom is 0.337 e. The van der Waals surface area contributed by atoms with E-state index in [1.165, 1.54) is 12.2 Å². The molecule has 2 aliphatic carbocycles. The molecule has 0 bridgehead atoms. The van der Waals surface area contributed by atoms with Gasteiger partial charge in [0.2, 0.25) is 0 Å². The Hall–Kier alpha value is -2.96. The summed E-state index contributed by atoms with van der Waals surface area (Å²) >= 11 is 0. The van der Waals surface area contributed by atoms with Crippen molar-refractivity contribution in [2.45, 2.75) is 71.8 Å². The number of esters is 1. The topological polar surface area (TPSA) is 98.5 Å². The molecular weight excluding hydrogens is 408 g/mol. The van der Waals surface area contributed by atoms with Gasteiger partial charge < -0.3 is 10.1 Å². The molecule has 3 rings (SSSR count). The molecule has 1 saturated carbocycles. The number of nitrogens with one attached hydrogen (secondary N) is 1. The molecule has 0 radical (unpaired) electrons.